The highest BCUT2D eigenvalue weighted by molar-refractivity contribution is 5.68. The van der Waals surface area contributed by atoms with E-state index in [1.165, 1.54) is 6.07 Å². The minimum atomic E-state index is -0.476. The number of H-pyrrole nitrogens is 1. The van der Waals surface area contributed by atoms with Crippen LogP contribution in [0.25, 0.3) is 5.65 Å². The topological polar surface area (TPSA) is 79.7 Å². The Labute approximate surface area is 134 Å². The van der Waals surface area contributed by atoms with Crippen LogP contribution in [0, 0.1) is 0 Å². The first-order valence-corrected chi connectivity index (χ1v) is 7.88. The number of piperidine rings is 1. The number of fused-ring (bicyclic) bond motifs is 1. The lowest BCUT2D eigenvalue weighted by atomic mass is 9.91. The Balaban J connectivity index is 1.70. The van der Waals surface area contributed by atoms with Crippen molar-refractivity contribution in [1.29, 1.82) is 0 Å². The van der Waals surface area contributed by atoms with Crippen molar-refractivity contribution in [2.75, 3.05) is 13.1 Å². The number of ether oxygens (including phenoxy) is 1. The van der Waals surface area contributed by atoms with Crippen molar-refractivity contribution in [3.05, 3.63) is 34.4 Å². The summed E-state index contributed by atoms with van der Waals surface area (Å²) in [6.07, 6.45) is 4.87. The molecule has 0 radical (unpaired) electrons. The van der Waals surface area contributed by atoms with Gasteiger partial charge >= 0.3 is 6.09 Å². The fraction of sp³-hybridized carbons (Fsp3) is 0.562. The molecule has 0 spiro atoms. The van der Waals surface area contributed by atoms with Gasteiger partial charge in [0.1, 0.15) is 11.2 Å². The van der Waals surface area contributed by atoms with Crippen LogP contribution in [0.5, 0.6) is 0 Å². The van der Waals surface area contributed by atoms with Crippen LogP contribution >= 0.6 is 0 Å². The predicted molar refractivity (Wildman–Crippen MR) is 85.6 cm³/mol. The fourth-order valence-corrected chi connectivity index (χ4v) is 2.91. The molecule has 3 rings (SSSR count). The molecule has 1 N–H and O–H groups in total. The molecule has 0 aliphatic carbocycles. The second kappa shape index (κ2) is 5.72. The zero-order valence-corrected chi connectivity index (χ0v) is 13.7. The van der Waals surface area contributed by atoms with Gasteiger partial charge in [0.2, 0.25) is 0 Å². The Morgan fingerprint density at radius 3 is 2.70 bits per heavy atom. The first-order valence-electron chi connectivity index (χ1n) is 7.88. The van der Waals surface area contributed by atoms with Gasteiger partial charge in [0.05, 0.1) is 6.20 Å². The molecule has 1 saturated heterocycles. The molecular weight excluding hydrogens is 296 g/mol. The minimum absolute atomic E-state index is 0.134. The molecule has 0 atom stereocenters. The number of hydrogen-bond acceptors (Lipinski definition) is 4. The van der Waals surface area contributed by atoms with E-state index in [2.05, 4.69) is 10.1 Å². The largest absolute Gasteiger partial charge is 0.444 e. The molecule has 1 aliphatic heterocycles. The number of carbonyl (C=O) groups is 1. The zero-order valence-electron chi connectivity index (χ0n) is 13.7. The number of aromatic amines is 1. The van der Waals surface area contributed by atoms with Gasteiger partial charge in [-0.05, 0) is 39.5 Å². The van der Waals surface area contributed by atoms with Crippen LogP contribution in [-0.2, 0) is 4.74 Å². The molecule has 7 nitrogen and oxygen atoms in total. The maximum atomic E-state index is 12.1. The van der Waals surface area contributed by atoms with Crippen molar-refractivity contribution in [2.24, 2.45) is 0 Å². The summed E-state index contributed by atoms with van der Waals surface area (Å²) in [6.45, 7) is 6.90. The lowest BCUT2D eigenvalue weighted by Crippen LogP contribution is -2.41. The van der Waals surface area contributed by atoms with Crippen molar-refractivity contribution in [2.45, 2.75) is 45.1 Å². The Morgan fingerprint density at radius 2 is 2.04 bits per heavy atom. The Hall–Kier alpha value is -2.31. The third kappa shape index (κ3) is 3.38. The molecule has 0 bridgehead atoms. The Kier molecular flexibility index (Phi) is 3.87. The van der Waals surface area contributed by atoms with Gasteiger partial charge in [0.15, 0.2) is 0 Å². The standard InChI is InChI=1S/C16H22N4O3/c1-16(2,3)23-15(22)19-7-4-11(5-8-19)12-10-17-20-9-6-13(21)18-14(12)20/h6,9-11H,4-5,7-8H2,1-3H3,(H,18,21). The van der Waals surface area contributed by atoms with Crippen molar-refractivity contribution >= 4 is 11.7 Å². The molecule has 1 amide bonds. The number of hydrogen-bond donors (Lipinski definition) is 1. The zero-order chi connectivity index (χ0) is 16.6. The third-order valence-electron chi connectivity index (χ3n) is 4.02. The summed E-state index contributed by atoms with van der Waals surface area (Å²) in [7, 11) is 0. The summed E-state index contributed by atoms with van der Waals surface area (Å²) < 4.78 is 7.09. The molecule has 124 valence electrons. The SMILES string of the molecule is CC(C)(C)OC(=O)N1CCC(c2cnn3ccc(=O)[nH]c23)CC1. The first-order chi connectivity index (χ1) is 10.8. The number of nitrogens with one attached hydrogen (secondary N) is 1. The van der Waals surface area contributed by atoms with Crippen molar-refractivity contribution in [3.8, 4) is 0 Å². The summed E-state index contributed by atoms with van der Waals surface area (Å²) in [6, 6.07) is 1.45. The molecular formula is C16H22N4O3. The summed E-state index contributed by atoms with van der Waals surface area (Å²) in [5.74, 6) is 0.282. The molecule has 2 aromatic heterocycles. The van der Waals surface area contributed by atoms with Crippen LogP contribution in [0.15, 0.2) is 23.3 Å². The molecule has 2 aromatic rings. The highest BCUT2D eigenvalue weighted by Gasteiger charge is 2.28. The lowest BCUT2D eigenvalue weighted by molar-refractivity contribution is 0.0205. The van der Waals surface area contributed by atoms with Crippen molar-refractivity contribution < 1.29 is 9.53 Å². The van der Waals surface area contributed by atoms with Gasteiger partial charge in [-0.3, -0.25) is 4.79 Å². The molecule has 0 unspecified atom stereocenters. The van der Waals surface area contributed by atoms with Crippen molar-refractivity contribution in [3.63, 3.8) is 0 Å². The van der Waals surface area contributed by atoms with Crippen LogP contribution in [0.1, 0.15) is 45.1 Å². The second-order valence-corrected chi connectivity index (χ2v) is 6.94. The van der Waals surface area contributed by atoms with E-state index < -0.39 is 5.60 Å². The van der Waals surface area contributed by atoms with E-state index in [1.807, 2.05) is 20.8 Å². The van der Waals surface area contributed by atoms with Crippen LogP contribution < -0.4 is 5.56 Å². The van der Waals surface area contributed by atoms with Gasteiger partial charge in [0, 0.05) is 30.9 Å². The quantitative estimate of drug-likeness (QED) is 0.873. The van der Waals surface area contributed by atoms with Crippen LogP contribution in [-0.4, -0.2) is 44.3 Å². The molecule has 0 aromatic carbocycles. The average Bonchev–Trinajstić information content (AvgIpc) is 2.88. The Morgan fingerprint density at radius 1 is 1.35 bits per heavy atom. The van der Waals surface area contributed by atoms with E-state index in [0.717, 1.165) is 24.1 Å². The normalized spacial score (nSPS) is 16.7. The van der Waals surface area contributed by atoms with Crippen LogP contribution in [0.4, 0.5) is 4.79 Å². The summed E-state index contributed by atoms with van der Waals surface area (Å²) in [5.41, 5.74) is 1.17. The number of carbonyl (C=O) groups excluding carboxylic acids is 1. The number of nitrogens with zero attached hydrogens (tertiary/aromatic N) is 3. The number of amides is 1. The monoisotopic (exact) mass is 318 g/mol. The maximum Gasteiger partial charge on any atom is 0.410 e. The number of aromatic nitrogens is 3. The van der Waals surface area contributed by atoms with Gasteiger partial charge in [-0.15, -0.1) is 0 Å². The molecule has 3 heterocycles. The van der Waals surface area contributed by atoms with Gasteiger partial charge in [-0.1, -0.05) is 0 Å². The summed E-state index contributed by atoms with van der Waals surface area (Å²) in [5, 5.41) is 4.28. The van der Waals surface area contributed by atoms with E-state index in [9.17, 15) is 9.59 Å². The molecule has 7 heteroatoms. The van der Waals surface area contributed by atoms with E-state index in [1.54, 1.807) is 21.8 Å². The second-order valence-electron chi connectivity index (χ2n) is 6.94. The maximum absolute atomic E-state index is 12.1. The van der Waals surface area contributed by atoms with E-state index in [0.29, 0.717) is 13.1 Å². The van der Waals surface area contributed by atoms with Gasteiger partial charge in [0.25, 0.3) is 5.56 Å². The highest BCUT2D eigenvalue weighted by atomic mass is 16.6. The van der Waals surface area contributed by atoms with Gasteiger partial charge < -0.3 is 14.6 Å². The van der Waals surface area contributed by atoms with E-state index >= 15 is 0 Å². The summed E-state index contributed by atoms with van der Waals surface area (Å²) >= 11 is 0. The third-order valence-corrected chi connectivity index (χ3v) is 4.02. The van der Waals surface area contributed by atoms with Gasteiger partial charge in [-0.2, -0.15) is 5.10 Å². The van der Waals surface area contributed by atoms with Crippen LogP contribution in [0.2, 0.25) is 0 Å². The van der Waals surface area contributed by atoms with E-state index in [-0.39, 0.29) is 17.6 Å². The minimum Gasteiger partial charge on any atom is -0.444 e. The highest BCUT2D eigenvalue weighted by Crippen LogP contribution is 2.30. The lowest BCUT2D eigenvalue weighted by Gasteiger charge is -2.33. The number of rotatable bonds is 1. The molecule has 1 fully saturated rings. The Bertz CT molecular complexity index is 763. The summed E-state index contributed by atoms with van der Waals surface area (Å²) in [4.78, 5) is 28.2. The van der Waals surface area contributed by atoms with Gasteiger partial charge in [-0.25, -0.2) is 9.31 Å². The fourth-order valence-electron chi connectivity index (χ4n) is 2.91. The smallest absolute Gasteiger partial charge is 0.410 e. The molecule has 23 heavy (non-hydrogen) atoms. The molecule has 1 aliphatic rings. The predicted octanol–water partition coefficient (Wildman–Crippen LogP) is 2.14. The first kappa shape index (κ1) is 15.6. The van der Waals surface area contributed by atoms with Crippen LogP contribution in [0.3, 0.4) is 0 Å². The van der Waals surface area contributed by atoms with E-state index in [4.69, 9.17) is 4.74 Å². The average molecular weight is 318 g/mol. The number of likely N-dealkylation sites (tertiary alicyclic amines) is 1. The van der Waals surface area contributed by atoms with Crippen molar-refractivity contribution in [1.82, 2.24) is 19.5 Å². The molecule has 0 saturated carbocycles.